The highest BCUT2D eigenvalue weighted by Gasteiger charge is 2.14. The summed E-state index contributed by atoms with van der Waals surface area (Å²) >= 11 is 0. The number of hydrogen-bond donors (Lipinski definition) is 5. The molecule has 0 amide bonds. The lowest BCUT2D eigenvalue weighted by atomic mass is 10.0. The first-order valence-corrected chi connectivity index (χ1v) is 6.22. The molecular weight excluding hydrogens is 266 g/mol. The van der Waals surface area contributed by atoms with Crippen molar-refractivity contribution < 1.29 is 24.9 Å². The van der Waals surface area contributed by atoms with E-state index < -0.39 is 24.4 Å². The first-order chi connectivity index (χ1) is 9.42. The van der Waals surface area contributed by atoms with Crippen LogP contribution in [0.3, 0.4) is 0 Å². The zero-order chi connectivity index (χ0) is 15.5. The van der Waals surface area contributed by atoms with E-state index in [4.69, 9.17) is 21.1 Å². The Labute approximate surface area is 116 Å². The van der Waals surface area contributed by atoms with Crippen molar-refractivity contribution in [3.05, 3.63) is 18.2 Å². The maximum absolute atomic E-state index is 9.85. The van der Waals surface area contributed by atoms with E-state index in [2.05, 4.69) is 16.9 Å². The van der Waals surface area contributed by atoms with Crippen molar-refractivity contribution in [2.45, 2.75) is 38.1 Å². The van der Waals surface area contributed by atoms with E-state index in [1.165, 1.54) is 0 Å². The fourth-order valence-corrected chi connectivity index (χ4v) is 1.47. The fourth-order valence-electron chi connectivity index (χ4n) is 1.47. The maximum atomic E-state index is 9.85. The van der Waals surface area contributed by atoms with E-state index in [-0.39, 0.29) is 6.61 Å². The number of carboxylic acid groups (broad SMARTS) is 2. The largest absolute Gasteiger partial charge is 0.481 e. The van der Waals surface area contributed by atoms with Gasteiger partial charge in [-0.25, -0.2) is 4.98 Å². The van der Waals surface area contributed by atoms with Crippen LogP contribution in [0.25, 0.3) is 0 Å². The van der Waals surface area contributed by atoms with Crippen LogP contribution in [0.15, 0.2) is 12.4 Å². The zero-order valence-corrected chi connectivity index (χ0v) is 11.3. The van der Waals surface area contributed by atoms with E-state index in [0.29, 0.717) is 5.92 Å². The molecule has 1 aromatic heterocycles. The van der Waals surface area contributed by atoms with Crippen LogP contribution in [0.2, 0.25) is 0 Å². The normalized spacial score (nSPS) is 12.9. The number of rotatable bonds is 7. The van der Waals surface area contributed by atoms with Crippen molar-refractivity contribution in [1.29, 1.82) is 0 Å². The molecule has 0 bridgehead atoms. The average molecular weight is 287 g/mol. The maximum Gasteiger partial charge on any atom is 0.321 e. The van der Waals surface area contributed by atoms with Crippen molar-refractivity contribution in [3.63, 3.8) is 0 Å². The number of nitrogens with one attached hydrogen (secondary N) is 1. The summed E-state index contributed by atoms with van der Waals surface area (Å²) in [5.74, 6) is -1.13. The number of hydrogen-bond acceptors (Lipinski definition) is 5. The molecule has 0 aliphatic heterocycles. The molecule has 1 rings (SSSR count). The fraction of sp³-hybridized carbons (Fsp3) is 0.583. The van der Waals surface area contributed by atoms with Gasteiger partial charge in [0.2, 0.25) is 0 Å². The number of aromatic amines is 1. The minimum atomic E-state index is -1.29. The Balaban J connectivity index is 0.000000370. The highest BCUT2D eigenvalue weighted by Crippen LogP contribution is 2.18. The summed E-state index contributed by atoms with van der Waals surface area (Å²) in [7, 11) is 0. The molecule has 0 fully saturated rings. The Kier molecular flexibility index (Phi) is 8.97. The van der Waals surface area contributed by atoms with Crippen LogP contribution in [0, 0.1) is 0 Å². The molecule has 1 unspecified atom stereocenters. The van der Waals surface area contributed by atoms with Crippen LogP contribution in [0.1, 0.15) is 37.9 Å². The Morgan fingerprint density at radius 1 is 1.45 bits per heavy atom. The van der Waals surface area contributed by atoms with Crippen LogP contribution in [0.4, 0.5) is 0 Å². The van der Waals surface area contributed by atoms with Gasteiger partial charge in [-0.3, -0.25) is 9.59 Å². The molecule has 1 aromatic rings. The Hall–Kier alpha value is -1.93. The van der Waals surface area contributed by atoms with Gasteiger partial charge >= 0.3 is 11.9 Å². The zero-order valence-electron chi connectivity index (χ0n) is 11.3. The van der Waals surface area contributed by atoms with Crippen LogP contribution in [-0.2, 0) is 9.59 Å². The van der Waals surface area contributed by atoms with Gasteiger partial charge in [-0.15, -0.1) is 0 Å². The number of aliphatic hydroxyl groups excluding tert-OH is 1. The van der Waals surface area contributed by atoms with E-state index in [1.807, 2.05) is 6.20 Å². The smallest absolute Gasteiger partial charge is 0.321 e. The third-order valence-corrected chi connectivity index (χ3v) is 2.59. The minimum absolute atomic E-state index is 0.235. The number of nitrogens with two attached hydrogens (primary N) is 1. The minimum Gasteiger partial charge on any atom is -0.481 e. The van der Waals surface area contributed by atoms with Crippen molar-refractivity contribution in [1.82, 2.24) is 9.97 Å². The molecule has 20 heavy (non-hydrogen) atoms. The lowest BCUT2D eigenvalue weighted by Crippen LogP contribution is -2.32. The number of carbonyl (C=O) groups is 2. The van der Waals surface area contributed by atoms with Gasteiger partial charge in [-0.1, -0.05) is 6.92 Å². The molecule has 6 N–H and O–H groups in total. The van der Waals surface area contributed by atoms with E-state index in [1.54, 1.807) is 6.20 Å². The second-order valence-corrected chi connectivity index (χ2v) is 4.13. The van der Waals surface area contributed by atoms with Crippen molar-refractivity contribution in [2.24, 2.45) is 5.73 Å². The summed E-state index contributed by atoms with van der Waals surface area (Å²) < 4.78 is 0. The van der Waals surface area contributed by atoms with Gasteiger partial charge in [0, 0.05) is 24.9 Å². The summed E-state index contributed by atoms with van der Waals surface area (Å²) in [6.45, 7) is 2.34. The lowest BCUT2D eigenvalue weighted by Gasteiger charge is -2.08. The summed E-state index contributed by atoms with van der Waals surface area (Å²) in [6, 6.07) is -1.29. The Morgan fingerprint density at radius 2 is 2.10 bits per heavy atom. The second kappa shape index (κ2) is 9.93. The SMILES string of the molecule is CCC(CCO)c1ncc[nH]1.N[C@@H](CC(=O)O)C(=O)O. The molecule has 0 saturated carbocycles. The monoisotopic (exact) mass is 287 g/mol. The molecule has 0 saturated heterocycles. The third kappa shape index (κ3) is 7.49. The summed E-state index contributed by atoms with van der Waals surface area (Å²) in [5, 5.41) is 24.8. The number of H-pyrrole nitrogens is 1. The third-order valence-electron chi connectivity index (χ3n) is 2.59. The average Bonchev–Trinajstić information content (AvgIpc) is 2.89. The summed E-state index contributed by atoms with van der Waals surface area (Å²) in [5.41, 5.74) is 4.84. The number of carboxylic acids is 2. The predicted molar refractivity (Wildman–Crippen MR) is 71.2 cm³/mol. The molecule has 0 aromatic carbocycles. The number of aliphatic carboxylic acids is 2. The highest BCUT2D eigenvalue weighted by molar-refractivity contribution is 5.80. The Bertz CT molecular complexity index is 394. The highest BCUT2D eigenvalue weighted by atomic mass is 16.4. The summed E-state index contributed by atoms with van der Waals surface area (Å²) in [4.78, 5) is 26.8. The van der Waals surface area contributed by atoms with Gasteiger partial charge in [0.15, 0.2) is 0 Å². The van der Waals surface area contributed by atoms with Gasteiger partial charge in [0.1, 0.15) is 11.9 Å². The molecular formula is C12H21N3O5. The summed E-state index contributed by atoms with van der Waals surface area (Å²) in [6.07, 6.45) is 4.85. The molecule has 8 heteroatoms. The van der Waals surface area contributed by atoms with Gasteiger partial charge in [-0.05, 0) is 12.8 Å². The molecule has 0 radical (unpaired) electrons. The van der Waals surface area contributed by atoms with Crippen LogP contribution in [-0.4, -0.2) is 49.9 Å². The molecule has 0 aliphatic rings. The Morgan fingerprint density at radius 3 is 2.40 bits per heavy atom. The number of nitrogens with zero attached hydrogens (tertiary/aromatic N) is 1. The number of imidazole rings is 1. The van der Waals surface area contributed by atoms with Gasteiger partial charge in [0.25, 0.3) is 0 Å². The van der Waals surface area contributed by atoms with E-state index in [0.717, 1.165) is 18.7 Å². The second-order valence-electron chi connectivity index (χ2n) is 4.13. The van der Waals surface area contributed by atoms with Gasteiger partial charge in [0.05, 0.1) is 6.42 Å². The van der Waals surface area contributed by atoms with E-state index in [9.17, 15) is 9.59 Å². The van der Waals surface area contributed by atoms with Crippen LogP contribution in [0.5, 0.6) is 0 Å². The first-order valence-electron chi connectivity index (χ1n) is 6.22. The molecule has 2 atom stereocenters. The molecule has 1 heterocycles. The van der Waals surface area contributed by atoms with Crippen molar-refractivity contribution in [3.8, 4) is 0 Å². The molecule has 114 valence electrons. The number of aromatic nitrogens is 2. The lowest BCUT2D eigenvalue weighted by molar-refractivity contribution is -0.144. The molecule has 0 spiro atoms. The predicted octanol–water partition coefficient (Wildman–Crippen LogP) is 0.159. The van der Waals surface area contributed by atoms with E-state index >= 15 is 0 Å². The number of aliphatic hydroxyl groups is 1. The van der Waals surface area contributed by atoms with Gasteiger partial charge in [-0.2, -0.15) is 0 Å². The molecule has 0 aliphatic carbocycles. The standard InChI is InChI=1S/C8H14N2O.C4H7NO4/c1-2-7(3-6-11)8-9-4-5-10-8;5-2(4(8)9)1-3(6)7/h4-5,7,11H,2-3,6H2,1H3,(H,9,10);2H,1,5H2,(H,6,7)(H,8,9)/t;2-/m.0/s1. The van der Waals surface area contributed by atoms with Crippen LogP contribution < -0.4 is 5.73 Å². The molecule has 8 nitrogen and oxygen atoms in total. The first kappa shape index (κ1) is 18.1. The topological polar surface area (TPSA) is 150 Å². The van der Waals surface area contributed by atoms with Crippen molar-refractivity contribution in [2.75, 3.05) is 6.61 Å². The quantitative estimate of drug-likeness (QED) is 0.479. The van der Waals surface area contributed by atoms with Crippen LogP contribution >= 0.6 is 0 Å². The van der Waals surface area contributed by atoms with Crippen molar-refractivity contribution >= 4 is 11.9 Å². The van der Waals surface area contributed by atoms with Gasteiger partial charge < -0.3 is 26.0 Å².